The number of benzene rings is 1. The van der Waals surface area contributed by atoms with Gasteiger partial charge in [0.1, 0.15) is 0 Å². The lowest BCUT2D eigenvalue weighted by Gasteiger charge is -2.15. The maximum Gasteiger partial charge on any atom is 0.416 e. The highest BCUT2D eigenvalue weighted by Crippen LogP contribution is 2.30. The van der Waals surface area contributed by atoms with Crippen LogP contribution in [0.5, 0.6) is 0 Å². The Hall–Kier alpha value is -2.55. The summed E-state index contributed by atoms with van der Waals surface area (Å²) < 4.78 is 39.7. The van der Waals surface area contributed by atoms with E-state index in [0.29, 0.717) is 11.4 Å². The number of aliphatic hydroxyl groups excluding tert-OH is 1. The van der Waals surface area contributed by atoms with Crippen molar-refractivity contribution in [1.29, 1.82) is 0 Å². The number of amides is 2. The Balaban J connectivity index is 1.98. The van der Waals surface area contributed by atoms with Gasteiger partial charge in [0, 0.05) is 13.6 Å². The molecule has 1 unspecified atom stereocenters. The molecule has 1 aromatic carbocycles. The van der Waals surface area contributed by atoms with Crippen molar-refractivity contribution in [3.8, 4) is 0 Å². The Labute approximate surface area is 142 Å². The number of anilines is 1. The molecule has 1 heterocycles. The lowest BCUT2D eigenvalue weighted by atomic mass is 10.1. The van der Waals surface area contributed by atoms with E-state index in [0.717, 1.165) is 17.8 Å². The number of hydrogen-bond donors (Lipinski definition) is 3. The molecule has 0 spiro atoms. The first-order chi connectivity index (χ1) is 11.6. The number of hydrogen-bond acceptors (Lipinski definition) is 3. The molecule has 0 aliphatic carbocycles. The predicted octanol–water partition coefficient (Wildman–Crippen LogP) is 2.91. The number of alkyl halides is 3. The molecule has 2 aromatic rings. The van der Waals surface area contributed by atoms with Gasteiger partial charge in [-0.15, -0.1) is 0 Å². The number of aromatic nitrogens is 2. The second-order valence-corrected chi connectivity index (χ2v) is 5.64. The molecule has 136 valence electrons. The molecule has 1 atom stereocenters. The van der Waals surface area contributed by atoms with E-state index in [2.05, 4.69) is 15.7 Å². The maximum absolute atomic E-state index is 12.7. The van der Waals surface area contributed by atoms with Gasteiger partial charge in [0.2, 0.25) is 0 Å². The van der Waals surface area contributed by atoms with Crippen molar-refractivity contribution in [2.75, 3.05) is 11.9 Å². The van der Waals surface area contributed by atoms with Gasteiger partial charge < -0.3 is 15.7 Å². The molecule has 2 amide bonds. The van der Waals surface area contributed by atoms with Crippen LogP contribution in [0.1, 0.15) is 28.6 Å². The van der Waals surface area contributed by atoms with E-state index in [4.69, 9.17) is 0 Å². The topological polar surface area (TPSA) is 79.2 Å². The molecule has 0 aliphatic rings. The molecule has 2 rings (SSSR count). The molecular weight excluding hydrogens is 337 g/mol. The number of rotatable bonds is 4. The molecule has 25 heavy (non-hydrogen) atoms. The summed E-state index contributed by atoms with van der Waals surface area (Å²) in [5, 5.41) is 19.2. The number of aryl methyl sites for hydroxylation is 2. The van der Waals surface area contributed by atoms with Gasteiger partial charge in [0.25, 0.3) is 0 Å². The number of carbonyl (C=O) groups excluding carboxylic acids is 1. The first kappa shape index (κ1) is 18.8. The summed E-state index contributed by atoms with van der Waals surface area (Å²) in [5.41, 5.74) is 1.16. The minimum atomic E-state index is -4.49. The summed E-state index contributed by atoms with van der Waals surface area (Å²) in [6.07, 6.45) is -5.75. The van der Waals surface area contributed by atoms with Crippen LogP contribution in [0.2, 0.25) is 0 Å². The quantitative estimate of drug-likeness (QED) is 0.788. The van der Waals surface area contributed by atoms with Gasteiger partial charge in [-0.2, -0.15) is 18.3 Å². The number of carbonyl (C=O) groups is 1. The normalized spacial score (nSPS) is 12.8. The van der Waals surface area contributed by atoms with Crippen molar-refractivity contribution in [1.82, 2.24) is 15.1 Å². The van der Waals surface area contributed by atoms with Gasteiger partial charge in [-0.1, -0.05) is 12.1 Å². The molecule has 1 aromatic heterocycles. The summed E-state index contributed by atoms with van der Waals surface area (Å²) in [5.74, 6) is 0. The second-order valence-electron chi connectivity index (χ2n) is 5.64. The van der Waals surface area contributed by atoms with E-state index >= 15 is 0 Å². The Morgan fingerprint density at radius 3 is 2.60 bits per heavy atom. The fourth-order valence-corrected chi connectivity index (χ4v) is 2.34. The lowest BCUT2D eigenvalue weighted by Crippen LogP contribution is -2.32. The standard InChI is InChI=1S/C16H19F3N4O2/c1-9-14(10(2)23(3)22-9)21-15(25)20-8-13(24)11-5-4-6-12(7-11)16(17,18)19/h4-7,13,24H,8H2,1-3H3,(H2,20,21,25). The highest BCUT2D eigenvalue weighted by molar-refractivity contribution is 5.90. The average Bonchev–Trinajstić information content (AvgIpc) is 2.78. The van der Waals surface area contributed by atoms with Crippen LogP contribution in [-0.2, 0) is 13.2 Å². The molecule has 6 nitrogen and oxygen atoms in total. The van der Waals surface area contributed by atoms with Crippen LogP contribution in [0.15, 0.2) is 24.3 Å². The fourth-order valence-electron chi connectivity index (χ4n) is 2.34. The van der Waals surface area contributed by atoms with E-state index in [-0.39, 0.29) is 12.1 Å². The van der Waals surface area contributed by atoms with Crippen LogP contribution in [0.4, 0.5) is 23.7 Å². The van der Waals surface area contributed by atoms with Crippen molar-refractivity contribution >= 4 is 11.7 Å². The number of halogens is 3. The highest BCUT2D eigenvalue weighted by Gasteiger charge is 2.30. The Kier molecular flexibility index (Phi) is 5.36. The van der Waals surface area contributed by atoms with Crippen molar-refractivity contribution in [2.45, 2.75) is 26.1 Å². The van der Waals surface area contributed by atoms with Crippen LogP contribution >= 0.6 is 0 Å². The SMILES string of the molecule is Cc1nn(C)c(C)c1NC(=O)NCC(O)c1cccc(C(F)(F)F)c1. The molecule has 0 saturated carbocycles. The third kappa shape index (κ3) is 4.50. The third-order valence-corrected chi connectivity index (χ3v) is 3.80. The lowest BCUT2D eigenvalue weighted by molar-refractivity contribution is -0.137. The first-order valence-electron chi connectivity index (χ1n) is 7.50. The van der Waals surface area contributed by atoms with Crippen LogP contribution < -0.4 is 10.6 Å². The van der Waals surface area contributed by atoms with Crippen LogP contribution in [0.3, 0.4) is 0 Å². The third-order valence-electron chi connectivity index (χ3n) is 3.80. The molecule has 9 heteroatoms. The smallest absolute Gasteiger partial charge is 0.387 e. The fraction of sp³-hybridized carbons (Fsp3) is 0.375. The number of nitrogens with one attached hydrogen (secondary N) is 2. The van der Waals surface area contributed by atoms with E-state index in [9.17, 15) is 23.1 Å². The molecular formula is C16H19F3N4O2. The van der Waals surface area contributed by atoms with Crippen molar-refractivity contribution in [3.05, 3.63) is 46.8 Å². The van der Waals surface area contributed by atoms with Crippen LogP contribution in [0, 0.1) is 13.8 Å². The van der Waals surface area contributed by atoms with E-state index in [1.54, 1.807) is 25.6 Å². The molecule has 0 radical (unpaired) electrons. The van der Waals surface area contributed by atoms with Gasteiger partial charge in [-0.3, -0.25) is 4.68 Å². The summed E-state index contributed by atoms with van der Waals surface area (Å²) >= 11 is 0. The number of aliphatic hydroxyl groups is 1. The molecule has 0 fully saturated rings. The first-order valence-corrected chi connectivity index (χ1v) is 7.50. The molecule has 0 aliphatic heterocycles. The van der Waals surface area contributed by atoms with E-state index in [1.165, 1.54) is 12.1 Å². The molecule has 0 saturated heterocycles. The van der Waals surface area contributed by atoms with Crippen molar-refractivity contribution in [3.63, 3.8) is 0 Å². The highest BCUT2D eigenvalue weighted by atomic mass is 19.4. The average molecular weight is 356 g/mol. The van der Waals surface area contributed by atoms with E-state index < -0.39 is 23.9 Å². The molecule has 0 bridgehead atoms. The zero-order valence-corrected chi connectivity index (χ0v) is 14.0. The number of nitrogens with zero attached hydrogens (tertiary/aromatic N) is 2. The monoisotopic (exact) mass is 356 g/mol. The second kappa shape index (κ2) is 7.14. The van der Waals surface area contributed by atoms with Gasteiger partial charge in [0.05, 0.1) is 28.7 Å². The number of urea groups is 1. The maximum atomic E-state index is 12.7. The zero-order valence-electron chi connectivity index (χ0n) is 14.0. The van der Waals surface area contributed by atoms with Crippen LogP contribution in [-0.4, -0.2) is 27.5 Å². The Morgan fingerprint density at radius 1 is 1.36 bits per heavy atom. The van der Waals surface area contributed by atoms with Crippen LogP contribution in [0.25, 0.3) is 0 Å². The van der Waals surface area contributed by atoms with Gasteiger partial charge in [0.15, 0.2) is 0 Å². The van der Waals surface area contributed by atoms with E-state index in [1.807, 2.05) is 0 Å². The minimum absolute atomic E-state index is 0.0730. The predicted molar refractivity (Wildman–Crippen MR) is 86.1 cm³/mol. The minimum Gasteiger partial charge on any atom is -0.387 e. The van der Waals surface area contributed by atoms with Gasteiger partial charge in [-0.05, 0) is 31.5 Å². The summed E-state index contributed by atoms with van der Waals surface area (Å²) in [7, 11) is 1.74. The summed E-state index contributed by atoms with van der Waals surface area (Å²) in [6, 6.07) is 3.79. The van der Waals surface area contributed by atoms with Crippen molar-refractivity contribution in [2.24, 2.45) is 7.05 Å². The Morgan fingerprint density at radius 2 is 2.04 bits per heavy atom. The summed E-state index contributed by atoms with van der Waals surface area (Å²) in [6.45, 7) is 3.29. The largest absolute Gasteiger partial charge is 0.416 e. The van der Waals surface area contributed by atoms with Gasteiger partial charge >= 0.3 is 12.2 Å². The van der Waals surface area contributed by atoms with Gasteiger partial charge in [-0.25, -0.2) is 4.79 Å². The zero-order chi connectivity index (χ0) is 18.8. The Bertz CT molecular complexity index is 771. The summed E-state index contributed by atoms with van der Waals surface area (Å²) in [4.78, 5) is 11.9. The van der Waals surface area contributed by atoms with Crippen molar-refractivity contribution < 1.29 is 23.1 Å². The molecule has 3 N–H and O–H groups in total.